The molecule has 11 heteroatoms. The summed E-state index contributed by atoms with van der Waals surface area (Å²) in [6.45, 7) is 0.334. The molecule has 0 unspecified atom stereocenters. The van der Waals surface area contributed by atoms with E-state index in [1.54, 1.807) is 35.1 Å². The lowest BCUT2D eigenvalue weighted by Gasteiger charge is -2.01. The monoisotopic (exact) mass is 406 g/mol. The van der Waals surface area contributed by atoms with Crippen LogP contribution in [-0.2, 0) is 12.7 Å². The normalized spacial score (nSPS) is 11.7. The van der Waals surface area contributed by atoms with Crippen LogP contribution in [0.2, 0.25) is 5.02 Å². The molecule has 142 valence electrons. The Labute approximate surface area is 160 Å². The van der Waals surface area contributed by atoms with Crippen LogP contribution in [0, 0.1) is 0 Å². The van der Waals surface area contributed by atoms with Crippen molar-refractivity contribution in [3.8, 4) is 22.6 Å². The Morgan fingerprint density at radius 2 is 1.79 bits per heavy atom. The lowest BCUT2D eigenvalue weighted by molar-refractivity contribution is -0.159. The van der Waals surface area contributed by atoms with Gasteiger partial charge in [-0.25, -0.2) is 4.68 Å². The largest absolute Gasteiger partial charge is 0.471 e. The number of halogens is 4. The minimum absolute atomic E-state index is 0.183. The molecule has 0 aliphatic rings. The Kier molecular flexibility index (Phi) is 4.55. The van der Waals surface area contributed by atoms with Crippen molar-refractivity contribution in [3.63, 3.8) is 0 Å². The van der Waals surface area contributed by atoms with E-state index in [9.17, 15) is 13.2 Å². The SMILES string of the molecule is FC(F)(F)c1nc(-c2ccc(Cn3cc(-c4ccc(Cl)cc4)nn3)nc2)no1. The maximum atomic E-state index is 12.5. The number of pyridine rings is 1. The summed E-state index contributed by atoms with van der Waals surface area (Å²) in [4.78, 5) is 7.54. The number of rotatable bonds is 4. The molecule has 1 aromatic carbocycles. The van der Waals surface area contributed by atoms with Crippen molar-refractivity contribution < 1.29 is 17.7 Å². The molecule has 0 atom stereocenters. The predicted octanol–water partition coefficient (Wildman–Crippen LogP) is 4.11. The van der Waals surface area contributed by atoms with Crippen LogP contribution in [0.5, 0.6) is 0 Å². The number of hydrogen-bond donors (Lipinski definition) is 0. The summed E-state index contributed by atoms with van der Waals surface area (Å²) in [5, 5.41) is 12.1. The van der Waals surface area contributed by atoms with Crippen LogP contribution < -0.4 is 0 Å². The highest BCUT2D eigenvalue weighted by atomic mass is 35.5. The summed E-state index contributed by atoms with van der Waals surface area (Å²) in [6.07, 6.45) is -1.56. The summed E-state index contributed by atoms with van der Waals surface area (Å²) < 4.78 is 43.4. The van der Waals surface area contributed by atoms with E-state index in [0.717, 1.165) is 5.56 Å². The van der Waals surface area contributed by atoms with E-state index in [4.69, 9.17) is 11.6 Å². The standard InChI is InChI=1S/C17H10ClF3N6O/c18-12-4-1-10(2-5-12)14-9-27(26-24-14)8-13-6-3-11(7-22-13)15-23-16(28-25-15)17(19,20)21/h1-7,9H,8H2. The van der Waals surface area contributed by atoms with E-state index < -0.39 is 12.1 Å². The van der Waals surface area contributed by atoms with Crippen LogP contribution >= 0.6 is 11.6 Å². The van der Waals surface area contributed by atoms with E-state index >= 15 is 0 Å². The maximum absolute atomic E-state index is 12.5. The molecule has 0 saturated carbocycles. The summed E-state index contributed by atoms with van der Waals surface area (Å²) in [7, 11) is 0. The summed E-state index contributed by atoms with van der Waals surface area (Å²) in [6, 6.07) is 10.4. The zero-order valence-corrected chi connectivity index (χ0v) is 14.7. The molecule has 28 heavy (non-hydrogen) atoms. The lowest BCUT2D eigenvalue weighted by atomic mass is 10.2. The van der Waals surface area contributed by atoms with Crippen molar-refractivity contribution in [2.24, 2.45) is 0 Å². The summed E-state index contributed by atoms with van der Waals surface area (Å²) in [5.41, 5.74) is 2.50. The minimum Gasteiger partial charge on any atom is -0.329 e. The molecular formula is C17H10ClF3N6O. The first-order valence-electron chi connectivity index (χ1n) is 7.91. The average Bonchev–Trinajstić information content (AvgIpc) is 3.33. The van der Waals surface area contributed by atoms with Crippen LogP contribution in [-0.4, -0.2) is 30.1 Å². The van der Waals surface area contributed by atoms with Gasteiger partial charge in [-0.05, 0) is 24.3 Å². The van der Waals surface area contributed by atoms with Gasteiger partial charge in [0.1, 0.15) is 5.69 Å². The molecule has 0 bridgehead atoms. The summed E-state index contributed by atoms with van der Waals surface area (Å²) in [5.74, 6) is -1.58. The highest BCUT2D eigenvalue weighted by Crippen LogP contribution is 2.29. The van der Waals surface area contributed by atoms with Gasteiger partial charge in [-0.2, -0.15) is 18.2 Å². The maximum Gasteiger partial charge on any atom is 0.471 e. The smallest absolute Gasteiger partial charge is 0.329 e. The van der Waals surface area contributed by atoms with E-state index in [-0.39, 0.29) is 5.82 Å². The molecular weight excluding hydrogens is 397 g/mol. The van der Waals surface area contributed by atoms with Crippen molar-refractivity contribution in [2.75, 3.05) is 0 Å². The fourth-order valence-corrected chi connectivity index (χ4v) is 2.53. The quantitative estimate of drug-likeness (QED) is 0.507. The zero-order valence-electron chi connectivity index (χ0n) is 13.9. The first-order chi connectivity index (χ1) is 13.4. The Hall–Kier alpha value is -3.27. The van der Waals surface area contributed by atoms with E-state index in [1.165, 1.54) is 6.20 Å². The zero-order chi connectivity index (χ0) is 19.7. The minimum atomic E-state index is -4.69. The topological polar surface area (TPSA) is 82.5 Å². The van der Waals surface area contributed by atoms with E-state index in [0.29, 0.717) is 28.5 Å². The number of nitrogens with zero attached hydrogens (tertiary/aromatic N) is 6. The van der Waals surface area contributed by atoms with E-state index in [2.05, 4.69) is 30.0 Å². The average molecular weight is 407 g/mol. The van der Waals surface area contributed by atoms with Crippen molar-refractivity contribution in [2.45, 2.75) is 12.7 Å². The highest BCUT2D eigenvalue weighted by Gasteiger charge is 2.38. The molecule has 3 aromatic heterocycles. The molecule has 0 spiro atoms. The number of hydrogen-bond acceptors (Lipinski definition) is 6. The van der Waals surface area contributed by atoms with Crippen molar-refractivity contribution in [1.82, 2.24) is 30.1 Å². The van der Waals surface area contributed by atoms with Crippen molar-refractivity contribution >= 4 is 11.6 Å². The molecule has 4 aromatic rings. The second kappa shape index (κ2) is 7.04. The second-order valence-corrected chi connectivity index (χ2v) is 6.20. The van der Waals surface area contributed by atoms with Gasteiger partial charge in [0, 0.05) is 22.3 Å². The van der Waals surface area contributed by atoms with Crippen LogP contribution in [0.25, 0.3) is 22.6 Å². The van der Waals surface area contributed by atoms with Crippen LogP contribution in [0.15, 0.2) is 53.3 Å². The molecule has 0 amide bonds. The predicted molar refractivity (Wildman–Crippen MR) is 92.1 cm³/mol. The molecule has 3 heterocycles. The molecule has 7 nitrogen and oxygen atoms in total. The molecule has 0 fully saturated rings. The lowest BCUT2D eigenvalue weighted by Crippen LogP contribution is -2.05. The van der Waals surface area contributed by atoms with Gasteiger partial charge in [0.2, 0.25) is 5.82 Å². The van der Waals surface area contributed by atoms with Crippen LogP contribution in [0.3, 0.4) is 0 Å². The molecule has 0 radical (unpaired) electrons. The van der Waals surface area contributed by atoms with Crippen LogP contribution in [0.4, 0.5) is 13.2 Å². The molecule has 0 aliphatic carbocycles. The van der Waals surface area contributed by atoms with Gasteiger partial charge >= 0.3 is 12.1 Å². The van der Waals surface area contributed by atoms with Crippen LogP contribution in [0.1, 0.15) is 11.6 Å². The van der Waals surface area contributed by atoms with Gasteiger partial charge < -0.3 is 4.52 Å². The van der Waals surface area contributed by atoms with Gasteiger partial charge in [0.05, 0.1) is 18.4 Å². The Balaban J connectivity index is 1.48. The first kappa shape index (κ1) is 18.1. The third-order valence-electron chi connectivity index (χ3n) is 3.75. The fourth-order valence-electron chi connectivity index (χ4n) is 2.40. The molecule has 0 N–H and O–H groups in total. The molecule has 4 rings (SSSR count). The number of alkyl halides is 3. The molecule has 0 saturated heterocycles. The number of aromatic nitrogens is 6. The first-order valence-corrected chi connectivity index (χ1v) is 8.28. The van der Waals surface area contributed by atoms with Gasteiger partial charge in [-0.3, -0.25) is 4.98 Å². The summed E-state index contributed by atoms with van der Waals surface area (Å²) >= 11 is 5.87. The van der Waals surface area contributed by atoms with E-state index in [1.807, 2.05) is 12.1 Å². The molecule has 0 aliphatic heterocycles. The van der Waals surface area contributed by atoms with Gasteiger partial charge in [-0.15, -0.1) is 5.10 Å². The van der Waals surface area contributed by atoms with Crippen molar-refractivity contribution in [1.29, 1.82) is 0 Å². The Morgan fingerprint density at radius 1 is 1.04 bits per heavy atom. The Morgan fingerprint density at radius 3 is 2.43 bits per heavy atom. The fraction of sp³-hybridized carbons (Fsp3) is 0.118. The van der Waals surface area contributed by atoms with Crippen molar-refractivity contribution in [3.05, 3.63) is 65.4 Å². The Bertz CT molecular complexity index is 1090. The number of benzene rings is 1. The van der Waals surface area contributed by atoms with Gasteiger partial charge in [-0.1, -0.05) is 34.1 Å². The second-order valence-electron chi connectivity index (χ2n) is 5.77. The van der Waals surface area contributed by atoms with Gasteiger partial charge in [0.15, 0.2) is 0 Å². The van der Waals surface area contributed by atoms with Gasteiger partial charge in [0.25, 0.3) is 0 Å². The third-order valence-corrected chi connectivity index (χ3v) is 4.01. The third kappa shape index (κ3) is 3.86. The highest BCUT2D eigenvalue weighted by molar-refractivity contribution is 6.30.